The van der Waals surface area contributed by atoms with Gasteiger partial charge in [-0.05, 0) is 24.3 Å². The smallest absolute Gasteiger partial charge is 0.251 e. The first kappa shape index (κ1) is 21.9. The Kier molecular flexibility index (Phi) is 8.99. The predicted octanol–water partition coefficient (Wildman–Crippen LogP) is 1.83. The Hall–Kier alpha value is -2.36. The van der Waals surface area contributed by atoms with E-state index < -0.39 is 0 Å². The third-order valence-corrected chi connectivity index (χ3v) is 4.49. The van der Waals surface area contributed by atoms with Gasteiger partial charge in [-0.15, -0.1) is 24.0 Å². The number of aromatic nitrogens is 1. The molecule has 0 saturated carbocycles. The summed E-state index contributed by atoms with van der Waals surface area (Å²) in [5, 5.41) is 6.25. The van der Waals surface area contributed by atoms with Crippen LogP contribution in [0.1, 0.15) is 10.4 Å². The Morgan fingerprint density at radius 2 is 1.68 bits per heavy atom. The molecule has 1 aliphatic heterocycles. The molecule has 7 nitrogen and oxygen atoms in total. The molecular weight excluding hydrogens is 467 g/mol. The number of rotatable bonds is 5. The molecule has 0 bridgehead atoms. The predicted molar refractivity (Wildman–Crippen MR) is 124 cm³/mol. The lowest BCUT2D eigenvalue weighted by molar-refractivity contribution is 0.0954. The first-order valence-electron chi connectivity index (χ1n) is 9.23. The number of benzene rings is 1. The van der Waals surface area contributed by atoms with E-state index in [2.05, 4.69) is 30.4 Å². The fourth-order valence-corrected chi connectivity index (χ4v) is 3.06. The van der Waals surface area contributed by atoms with E-state index in [1.807, 2.05) is 54.7 Å². The number of anilines is 1. The van der Waals surface area contributed by atoms with Crippen LogP contribution < -0.4 is 15.5 Å². The van der Waals surface area contributed by atoms with Gasteiger partial charge in [0.25, 0.3) is 5.91 Å². The van der Waals surface area contributed by atoms with Gasteiger partial charge in [0.1, 0.15) is 5.82 Å². The molecule has 2 N–H and O–H groups in total. The van der Waals surface area contributed by atoms with Crippen LogP contribution in [-0.4, -0.2) is 68.1 Å². The first-order chi connectivity index (χ1) is 13.3. The van der Waals surface area contributed by atoms with Crippen molar-refractivity contribution in [2.24, 2.45) is 4.99 Å². The lowest BCUT2D eigenvalue weighted by Crippen LogP contribution is -2.53. The van der Waals surface area contributed by atoms with Gasteiger partial charge in [0.2, 0.25) is 0 Å². The number of aliphatic imine (C=N–C) groups is 1. The lowest BCUT2D eigenvalue weighted by Gasteiger charge is -2.37. The highest BCUT2D eigenvalue weighted by atomic mass is 127. The second-order valence-electron chi connectivity index (χ2n) is 6.26. The van der Waals surface area contributed by atoms with Crippen molar-refractivity contribution >= 4 is 41.7 Å². The Morgan fingerprint density at radius 1 is 1.00 bits per heavy atom. The molecule has 28 heavy (non-hydrogen) atoms. The second kappa shape index (κ2) is 11.5. The van der Waals surface area contributed by atoms with Gasteiger partial charge >= 0.3 is 0 Å². The third-order valence-electron chi connectivity index (χ3n) is 4.49. The molecule has 0 radical (unpaired) electrons. The summed E-state index contributed by atoms with van der Waals surface area (Å²) < 4.78 is 0. The normalized spacial score (nSPS) is 14.2. The van der Waals surface area contributed by atoms with Gasteiger partial charge < -0.3 is 20.4 Å². The average molecular weight is 494 g/mol. The second-order valence-corrected chi connectivity index (χ2v) is 6.26. The molecule has 8 heteroatoms. The summed E-state index contributed by atoms with van der Waals surface area (Å²) in [7, 11) is 1.79. The van der Waals surface area contributed by atoms with Crippen molar-refractivity contribution in [1.29, 1.82) is 0 Å². The number of carbonyl (C=O) groups excluding carboxylic acids is 1. The topological polar surface area (TPSA) is 72.9 Å². The van der Waals surface area contributed by atoms with Gasteiger partial charge in [0, 0.05) is 58.1 Å². The van der Waals surface area contributed by atoms with E-state index in [1.165, 1.54) is 0 Å². The molecule has 0 aliphatic carbocycles. The van der Waals surface area contributed by atoms with E-state index in [0.717, 1.165) is 38.0 Å². The van der Waals surface area contributed by atoms with Crippen LogP contribution >= 0.6 is 24.0 Å². The number of hydrogen-bond acceptors (Lipinski definition) is 4. The van der Waals surface area contributed by atoms with E-state index >= 15 is 0 Å². The minimum atomic E-state index is -0.0589. The maximum Gasteiger partial charge on any atom is 0.251 e. The Balaban J connectivity index is 0.00000280. The van der Waals surface area contributed by atoms with Crippen LogP contribution in [0.5, 0.6) is 0 Å². The summed E-state index contributed by atoms with van der Waals surface area (Å²) in [6, 6.07) is 15.2. The molecule has 1 saturated heterocycles. The van der Waals surface area contributed by atoms with Crippen LogP contribution in [0.4, 0.5) is 5.82 Å². The molecule has 0 atom stereocenters. The van der Waals surface area contributed by atoms with E-state index in [9.17, 15) is 4.79 Å². The van der Waals surface area contributed by atoms with Gasteiger partial charge in [-0.3, -0.25) is 9.79 Å². The maximum absolute atomic E-state index is 12.0. The number of piperazine rings is 1. The number of guanidine groups is 1. The molecule has 1 aromatic carbocycles. The Labute approximate surface area is 183 Å². The molecule has 1 fully saturated rings. The Morgan fingerprint density at radius 3 is 2.32 bits per heavy atom. The monoisotopic (exact) mass is 494 g/mol. The summed E-state index contributed by atoms with van der Waals surface area (Å²) in [6.45, 7) is 4.75. The van der Waals surface area contributed by atoms with E-state index in [4.69, 9.17) is 0 Å². The number of carbonyl (C=O) groups is 1. The fourth-order valence-electron chi connectivity index (χ4n) is 3.06. The molecule has 150 valence electrons. The average Bonchev–Trinajstić information content (AvgIpc) is 2.75. The molecule has 1 aliphatic rings. The molecule has 1 amide bonds. The van der Waals surface area contributed by atoms with Crippen molar-refractivity contribution < 1.29 is 4.79 Å². The van der Waals surface area contributed by atoms with Gasteiger partial charge in [-0.2, -0.15) is 0 Å². The van der Waals surface area contributed by atoms with Crippen LogP contribution in [0.15, 0.2) is 59.7 Å². The minimum Gasteiger partial charge on any atom is -0.354 e. The van der Waals surface area contributed by atoms with Gasteiger partial charge in [0.05, 0.1) is 0 Å². The summed E-state index contributed by atoms with van der Waals surface area (Å²) in [5.41, 5.74) is 0.674. The number of hydrogen-bond donors (Lipinski definition) is 2. The van der Waals surface area contributed by atoms with E-state index in [-0.39, 0.29) is 29.9 Å². The van der Waals surface area contributed by atoms with Crippen LogP contribution in [0.2, 0.25) is 0 Å². The molecule has 2 heterocycles. The standard InChI is InChI=1S/C20H26N6O.HI/c1-21-20(24-12-11-23-19(27)17-7-3-2-4-8-17)26-15-13-25(14-16-26)18-9-5-6-10-22-18;/h2-10H,11-16H2,1H3,(H,21,24)(H,23,27);1H. The molecule has 0 spiro atoms. The third kappa shape index (κ3) is 6.08. The number of nitrogens with one attached hydrogen (secondary N) is 2. The van der Waals surface area contributed by atoms with E-state index in [0.29, 0.717) is 18.7 Å². The van der Waals surface area contributed by atoms with Crippen molar-refractivity contribution in [2.45, 2.75) is 0 Å². The zero-order valence-electron chi connectivity index (χ0n) is 16.0. The number of amides is 1. The van der Waals surface area contributed by atoms with Crippen molar-refractivity contribution in [2.75, 3.05) is 51.2 Å². The van der Waals surface area contributed by atoms with Crippen molar-refractivity contribution in [3.8, 4) is 0 Å². The summed E-state index contributed by atoms with van der Waals surface area (Å²) >= 11 is 0. The van der Waals surface area contributed by atoms with Crippen molar-refractivity contribution in [3.05, 3.63) is 60.3 Å². The van der Waals surface area contributed by atoms with Gasteiger partial charge in [-0.25, -0.2) is 4.98 Å². The largest absolute Gasteiger partial charge is 0.354 e. The number of pyridine rings is 1. The number of halogens is 1. The minimum absolute atomic E-state index is 0. The SMILES string of the molecule is CN=C(NCCNC(=O)c1ccccc1)N1CCN(c2ccccn2)CC1.I. The van der Waals surface area contributed by atoms with Crippen molar-refractivity contribution in [1.82, 2.24) is 20.5 Å². The summed E-state index contributed by atoms with van der Waals surface area (Å²) in [4.78, 5) is 25.3. The lowest BCUT2D eigenvalue weighted by atomic mass is 10.2. The van der Waals surface area contributed by atoms with Crippen molar-refractivity contribution in [3.63, 3.8) is 0 Å². The molecule has 1 aromatic heterocycles. The van der Waals surface area contributed by atoms with Crippen LogP contribution in [-0.2, 0) is 0 Å². The zero-order valence-corrected chi connectivity index (χ0v) is 18.4. The highest BCUT2D eigenvalue weighted by Crippen LogP contribution is 2.12. The number of nitrogens with zero attached hydrogens (tertiary/aromatic N) is 4. The highest BCUT2D eigenvalue weighted by molar-refractivity contribution is 14.0. The van der Waals surface area contributed by atoms with Crippen LogP contribution in [0.3, 0.4) is 0 Å². The van der Waals surface area contributed by atoms with Crippen LogP contribution in [0.25, 0.3) is 0 Å². The molecule has 0 unspecified atom stereocenters. The summed E-state index contributed by atoms with van der Waals surface area (Å²) in [6.07, 6.45) is 1.83. The summed E-state index contributed by atoms with van der Waals surface area (Å²) in [5.74, 6) is 1.82. The van der Waals surface area contributed by atoms with Gasteiger partial charge in [-0.1, -0.05) is 24.3 Å². The molecule has 3 rings (SSSR count). The molecular formula is C20H27IN6O. The highest BCUT2D eigenvalue weighted by Gasteiger charge is 2.20. The quantitative estimate of drug-likeness (QED) is 0.287. The van der Waals surface area contributed by atoms with Gasteiger partial charge in [0.15, 0.2) is 5.96 Å². The molecule has 2 aromatic rings. The Bertz CT molecular complexity index is 748. The first-order valence-corrected chi connectivity index (χ1v) is 9.23. The maximum atomic E-state index is 12.0. The van der Waals surface area contributed by atoms with Crippen LogP contribution in [0, 0.1) is 0 Å². The van der Waals surface area contributed by atoms with E-state index in [1.54, 1.807) is 7.05 Å². The zero-order chi connectivity index (χ0) is 18.9. The fraction of sp³-hybridized carbons (Fsp3) is 0.350.